The highest BCUT2D eigenvalue weighted by Gasteiger charge is 2.44. The van der Waals surface area contributed by atoms with E-state index in [-0.39, 0.29) is 11.3 Å². The fourth-order valence-corrected chi connectivity index (χ4v) is 4.25. The van der Waals surface area contributed by atoms with E-state index in [0.29, 0.717) is 18.5 Å². The molecule has 1 aliphatic carbocycles. The molecule has 2 N–H and O–H groups in total. The van der Waals surface area contributed by atoms with E-state index in [0.717, 1.165) is 36.9 Å². The van der Waals surface area contributed by atoms with E-state index in [2.05, 4.69) is 4.98 Å². The average molecular weight is 351 g/mol. The fraction of sp³-hybridized carbons (Fsp3) is 0.350. The quantitative estimate of drug-likeness (QED) is 0.655. The molecule has 2 amide bonds. The molecular formula is C20H21N3O3. The van der Waals surface area contributed by atoms with Gasteiger partial charge in [0.05, 0.1) is 0 Å². The van der Waals surface area contributed by atoms with Gasteiger partial charge in [-0.1, -0.05) is 12.1 Å². The molecule has 6 nitrogen and oxygen atoms in total. The lowest BCUT2D eigenvalue weighted by Crippen LogP contribution is -2.33. The van der Waals surface area contributed by atoms with E-state index in [1.807, 2.05) is 35.4 Å². The lowest BCUT2D eigenvalue weighted by molar-refractivity contribution is -0.128. The largest absolute Gasteiger partial charge is 0.338 e. The van der Waals surface area contributed by atoms with Crippen LogP contribution in [0.2, 0.25) is 0 Å². The summed E-state index contributed by atoms with van der Waals surface area (Å²) in [4.78, 5) is 30.2. The predicted octanol–water partition coefficient (Wildman–Crippen LogP) is 2.11. The highest BCUT2D eigenvalue weighted by Crippen LogP contribution is 2.43. The summed E-state index contributed by atoms with van der Waals surface area (Å²) in [6.07, 6.45) is 6.74. The van der Waals surface area contributed by atoms with Crippen molar-refractivity contribution in [3.8, 4) is 0 Å². The molecule has 2 aliphatic rings. The number of benzene rings is 1. The number of likely N-dealkylation sites (tertiary alicyclic amines) is 1. The summed E-state index contributed by atoms with van der Waals surface area (Å²) in [6, 6.07) is 9.42. The third-order valence-electron chi connectivity index (χ3n) is 5.56. The summed E-state index contributed by atoms with van der Waals surface area (Å²) >= 11 is 0. The lowest BCUT2D eigenvalue weighted by atomic mass is 9.70. The summed E-state index contributed by atoms with van der Waals surface area (Å²) in [5.41, 5.74) is 5.50. The topological polar surface area (TPSA) is 82.5 Å². The molecule has 1 aliphatic heterocycles. The smallest absolute Gasteiger partial charge is 0.274 e. The van der Waals surface area contributed by atoms with Gasteiger partial charge in [-0.05, 0) is 54.2 Å². The molecule has 26 heavy (non-hydrogen) atoms. The SMILES string of the molecule is O=C(NO)c1ccc2c(c1)CC[C@]1(CC(=O)N(Cc3cccnc3)C1)C2. The molecule has 0 unspecified atom stereocenters. The Morgan fingerprint density at radius 2 is 2.15 bits per heavy atom. The zero-order valence-electron chi connectivity index (χ0n) is 14.4. The number of fused-ring (bicyclic) bond motifs is 1. The van der Waals surface area contributed by atoms with Crippen LogP contribution in [0.1, 0.15) is 39.9 Å². The number of nitrogens with zero attached hydrogens (tertiary/aromatic N) is 2. The third kappa shape index (κ3) is 3.08. The van der Waals surface area contributed by atoms with Gasteiger partial charge in [0.25, 0.3) is 5.91 Å². The Morgan fingerprint density at radius 3 is 2.92 bits per heavy atom. The van der Waals surface area contributed by atoms with E-state index in [4.69, 9.17) is 5.21 Å². The maximum Gasteiger partial charge on any atom is 0.274 e. The molecule has 1 saturated heterocycles. The Hall–Kier alpha value is -2.73. The Labute approximate surface area is 151 Å². The Balaban J connectivity index is 1.51. The van der Waals surface area contributed by atoms with Crippen LogP contribution in [0.3, 0.4) is 0 Å². The van der Waals surface area contributed by atoms with Gasteiger partial charge in [-0.15, -0.1) is 0 Å². The first-order valence-electron chi connectivity index (χ1n) is 8.81. The zero-order chi connectivity index (χ0) is 18.1. The number of rotatable bonds is 3. The molecule has 2 aromatic rings. The van der Waals surface area contributed by atoms with Crippen molar-refractivity contribution >= 4 is 11.8 Å². The monoisotopic (exact) mass is 351 g/mol. The number of carbonyl (C=O) groups excluding carboxylic acids is 2. The minimum atomic E-state index is -0.494. The van der Waals surface area contributed by atoms with Gasteiger partial charge >= 0.3 is 0 Å². The predicted molar refractivity (Wildman–Crippen MR) is 94.4 cm³/mol. The van der Waals surface area contributed by atoms with Gasteiger partial charge in [0.1, 0.15) is 0 Å². The molecule has 1 spiro atoms. The van der Waals surface area contributed by atoms with Crippen molar-refractivity contribution < 1.29 is 14.8 Å². The van der Waals surface area contributed by atoms with Crippen molar-refractivity contribution in [2.24, 2.45) is 5.41 Å². The minimum Gasteiger partial charge on any atom is -0.338 e. The number of aromatic nitrogens is 1. The molecule has 0 bridgehead atoms. The molecule has 1 aromatic heterocycles. The Morgan fingerprint density at radius 1 is 1.27 bits per heavy atom. The number of amides is 2. The van der Waals surface area contributed by atoms with Crippen LogP contribution in [0, 0.1) is 5.41 Å². The van der Waals surface area contributed by atoms with Gasteiger partial charge in [-0.25, -0.2) is 5.48 Å². The van der Waals surface area contributed by atoms with Crippen LogP contribution in [-0.4, -0.2) is 33.5 Å². The molecule has 0 saturated carbocycles. The van der Waals surface area contributed by atoms with E-state index < -0.39 is 5.91 Å². The second-order valence-corrected chi connectivity index (χ2v) is 7.39. The summed E-state index contributed by atoms with van der Waals surface area (Å²) < 4.78 is 0. The minimum absolute atomic E-state index is 0.0208. The number of aryl methyl sites for hydroxylation is 1. The van der Waals surface area contributed by atoms with Gasteiger partial charge in [0.2, 0.25) is 5.91 Å². The normalized spacial score (nSPS) is 21.7. The third-order valence-corrected chi connectivity index (χ3v) is 5.56. The number of hydroxylamine groups is 1. The summed E-state index contributed by atoms with van der Waals surface area (Å²) in [6.45, 7) is 1.37. The standard InChI is InChI=1S/C20H21N3O3/c24-18-10-20(13-23(18)12-14-2-1-7-21-11-14)6-5-15-8-16(19(25)22-26)3-4-17(15)9-20/h1-4,7-8,11,26H,5-6,9-10,12-13H2,(H,22,25)/t20-/m1/s1. The first-order valence-corrected chi connectivity index (χ1v) is 8.81. The highest BCUT2D eigenvalue weighted by molar-refractivity contribution is 5.93. The van der Waals surface area contributed by atoms with Crippen molar-refractivity contribution in [2.75, 3.05) is 6.54 Å². The first-order chi connectivity index (χ1) is 12.6. The number of pyridine rings is 1. The summed E-state index contributed by atoms with van der Waals surface area (Å²) in [5, 5.41) is 8.79. The maximum absolute atomic E-state index is 12.6. The van der Waals surface area contributed by atoms with Crippen LogP contribution >= 0.6 is 0 Å². The van der Waals surface area contributed by atoms with Gasteiger partial charge < -0.3 is 4.90 Å². The molecule has 134 valence electrons. The average Bonchev–Trinajstić information content (AvgIpc) is 2.96. The van der Waals surface area contributed by atoms with Crippen LogP contribution in [-0.2, 0) is 24.2 Å². The Bertz CT molecular complexity index is 853. The van der Waals surface area contributed by atoms with E-state index >= 15 is 0 Å². The van der Waals surface area contributed by atoms with E-state index in [1.165, 1.54) is 5.56 Å². The van der Waals surface area contributed by atoms with Crippen molar-refractivity contribution in [3.63, 3.8) is 0 Å². The molecule has 1 fully saturated rings. The lowest BCUT2D eigenvalue weighted by Gasteiger charge is -2.34. The zero-order valence-corrected chi connectivity index (χ0v) is 14.4. The number of hydrogen-bond acceptors (Lipinski definition) is 4. The second kappa shape index (κ2) is 6.53. The van der Waals surface area contributed by atoms with Crippen LogP contribution in [0.5, 0.6) is 0 Å². The van der Waals surface area contributed by atoms with Crippen LogP contribution in [0.15, 0.2) is 42.7 Å². The van der Waals surface area contributed by atoms with Crippen LogP contribution < -0.4 is 5.48 Å². The molecule has 1 aromatic carbocycles. The van der Waals surface area contributed by atoms with Crippen molar-refractivity contribution in [1.82, 2.24) is 15.4 Å². The van der Waals surface area contributed by atoms with Gasteiger partial charge in [-0.2, -0.15) is 0 Å². The van der Waals surface area contributed by atoms with Crippen molar-refractivity contribution in [2.45, 2.75) is 32.2 Å². The number of hydrogen-bond donors (Lipinski definition) is 2. The molecule has 4 rings (SSSR count). The molecular weight excluding hydrogens is 330 g/mol. The van der Waals surface area contributed by atoms with E-state index in [9.17, 15) is 9.59 Å². The molecule has 1 atom stereocenters. The van der Waals surface area contributed by atoms with Crippen LogP contribution in [0.25, 0.3) is 0 Å². The molecule has 2 heterocycles. The van der Waals surface area contributed by atoms with Gasteiger partial charge in [0, 0.05) is 42.9 Å². The second-order valence-electron chi connectivity index (χ2n) is 7.39. The summed E-state index contributed by atoms with van der Waals surface area (Å²) in [7, 11) is 0. The van der Waals surface area contributed by atoms with Gasteiger partial charge in [-0.3, -0.25) is 19.8 Å². The van der Waals surface area contributed by atoms with Crippen molar-refractivity contribution in [3.05, 3.63) is 65.0 Å². The Kier molecular flexibility index (Phi) is 4.20. The molecule has 6 heteroatoms. The van der Waals surface area contributed by atoms with E-state index in [1.54, 1.807) is 17.7 Å². The number of carbonyl (C=O) groups is 2. The molecule has 0 radical (unpaired) electrons. The highest BCUT2D eigenvalue weighted by atomic mass is 16.5. The number of nitrogens with one attached hydrogen (secondary N) is 1. The first kappa shape index (κ1) is 16.7. The maximum atomic E-state index is 12.6. The van der Waals surface area contributed by atoms with Gasteiger partial charge in [0.15, 0.2) is 0 Å². The van der Waals surface area contributed by atoms with Crippen LogP contribution in [0.4, 0.5) is 0 Å². The van der Waals surface area contributed by atoms with Crippen molar-refractivity contribution in [1.29, 1.82) is 0 Å². The fourth-order valence-electron chi connectivity index (χ4n) is 4.25. The summed E-state index contributed by atoms with van der Waals surface area (Å²) in [5.74, 6) is -0.291.